The van der Waals surface area contributed by atoms with Gasteiger partial charge >= 0.3 is 0 Å². The summed E-state index contributed by atoms with van der Waals surface area (Å²) in [7, 11) is -4.75. The minimum Gasteiger partial charge on any atom is -0.493 e. The smallest absolute Gasteiger partial charge is 0.264 e. The SMILES string of the molecule is COc1cccc(OC)c1OC[C@@H](COS(C)(=O)=O)OS(C)(=O)=O. The fourth-order valence-corrected chi connectivity index (χ4v) is 2.69. The number of hydrogen-bond acceptors (Lipinski definition) is 9. The molecule has 0 aromatic heterocycles. The van der Waals surface area contributed by atoms with Gasteiger partial charge in [0.15, 0.2) is 11.5 Å². The van der Waals surface area contributed by atoms with Crippen LogP contribution in [0.15, 0.2) is 18.2 Å². The number of para-hydroxylation sites is 1. The zero-order valence-electron chi connectivity index (χ0n) is 13.7. The van der Waals surface area contributed by atoms with Crippen LogP contribution in [0.3, 0.4) is 0 Å². The summed E-state index contributed by atoms with van der Waals surface area (Å²) in [5.74, 6) is 0.942. The van der Waals surface area contributed by atoms with Crippen molar-refractivity contribution in [2.75, 3.05) is 39.9 Å². The number of ether oxygens (including phenoxy) is 3. The molecule has 0 amide bonds. The van der Waals surface area contributed by atoms with Gasteiger partial charge in [-0.25, -0.2) is 0 Å². The van der Waals surface area contributed by atoms with Crippen LogP contribution in [0.2, 0.25) is 0 Å². The first-order chi connectivity index (χ1) is 11.1. The summed E-state index contributed by atoms with van der Waals surface area (Å²) in [5.41, 5.74) is 0. The van der Waals surface area contributed by atoms with Gasteiger partial charge < -0.3 is 14.2 Å². The average molecular weight is 384 g/mol. The molecule has 0 bridgehead atoms. The van der Waals surface area contributed by atoms with E-state index in [1.807, 2.05) is 0 Å². The summed E-state index contributed by atoms with van der Waals surface area (Å²) < 4.78 is 69.9. The van der Waals surface area contributed by atoms with E-state index in [1.165, 1.54) is 14.2 Å². The van der Waals surface area contributed by atoms with E-state index in [1.54, 1.807) is 18.2 Å². The van der Waals surface area contributed by atoms with Gasteiger partial charge in [0.1, 0.15) is 12.7 Å². The summed E-state index contributed by atoms with van der Waals surface area (Å²) in [6.45, 7) is -0.831. The second kappa shape index (κ2) is 8.51. The topological polar surface area (TPSA) is 114 Å². The molecule has 0 aliphatic rings. The molecule has 0 aliphatic carbocycles. The molecule has 0 aliphatic heterocycles. The summed E-state index contributed by atoms with van der Waals surface area (Å²) in [6, 6.07) is 4.93. The Labute approximate surface area is 141 Å². The van der Waals surface area contributed by atoms with Gasteiger partial charge in [-0.3, -0.25) is 8.37 Å². The van der Waals surface area contributed by atoms with E-state index in [4.69, 9.17) is 18.4 Å². The lowest BCUT2D eigenvalue weighted by molar-refractivity contribution is 0.0871. The summed E-state index contributed by atoms with van der Waals surface area (Å²) >= 11 is 0. The maximum Gasteiger partial charge on any atom is 0.264 e. The fraction of sp³-hybridized carbons (Fsp3) is 0.538. The first kappa shape index (κ1) is 20.5. The third kappa shape index (κ3) is 7.34. The van der Waals surface area contributed by atoms with E-state index in [2.05, 4.69) is 4.18 Å². The van der Waals surface area contributed by atoms with E-state index in [9.17, 15) is 16.8 Å². The molecule has 0 unspecified atom stereocenters. The maximum absolute atomic E-state index is 11.3. The van der Waals surface area contributed by atoms with Crippen LogP contribution >= 0.6 is 0 Å². The van der Waals surface area contributed by atoms with Crippen molar-refractivity contribution in [3.8, 4) is 17.2 Å². The third-order valence-corrected chi connectivity index (χ3v) is 3.76. The fourth-order valence-electron chi connectivity index (χ4n) is 1.69. The van der Waals surface area contributed by atoms with Crippen molar-refractivity contribution in [2.24, 2.45) is 0 Å². The van der Waals surface area contributed by atoms with Crippen LogP contribution < -0.4 is 14.2 Å². The number of hydrogen-bond donors (Lipinski definition) is 0. The normalized spacial score (nSPS) is 13.3. The lowest BCUT2D eigenvalue weighted by atomic mass is 10.3. The largest absolute Gasteiger partial charge is 0.493 e. The Morgan fingerprint density at radius 3 is 1.88 bits per heavy atom. The molecule has 0 saturated carbocycles. The second-order valence-corrected chi connectivity index (χ2v) is 7.96. The van der Waals surface area contributed by atoms with Crippen molar-refractivity contribution in [1.29, 1.82) is 0 Å². The Balaban J connectivity index is 2.91. The molecule has 0 fully saturated rings. The minimum absolute atomic E-state index is 0.226. The van der Waals surface area contributed by atoms with Gasteiger partial charge in [-0.15, -0.1) is 0 Å². The Bertz CT molecular complexity index is 718. The molecule has 1 rings (SSSR count). The Morgan fingerprint density at radius 2 is 1.46 bits per heavy atom. The number of methoxy groups -OCH3 is 2. The quantitative estimate of drug-likeness (QED) is 0.529. The van der Waals surface area contributed by atoms with Gasteiger partial charge in [-0.05, 0) is 12.1 Å². The molecular weight excluding hydrogens is 364 g/mol. The molecule has 9 nitrogen and oxygen atoms in total. The monoisotopic (exact) mass is 384 g/mol. The van der Waals surface area contributed by atoms with Crippen molar-refractivity contribution in [2.45, 2.75) is 6.10 Å². The van der Waals surface area contributed by atoms with Crippen molar-refractivity contribution in [3.63, 3.8) is 0 Å². The van der Waals surface area contributed by atoms with Crippen LogP contribution in [-0.4, -0.2) is 62.9 Å². The first-order valence-electron chi connectivity index (χ1n) is 6.62. The van der Waals surface area contributed by atoms with E-state index >= 15 is 0 Å². The van der Waals surface area contributed by atoms with Crippen LogP contribution in [0, 0.1) is 0 Å². The molecule has 24 heavy (non-hydrogen) atoms. The summed E-state index contributed by atoms with van der Waals surface area (Å²) in [5, 5.41) is 0. The van der Waals surface area contributed by atoms with Crippen LogP contribution in [-0.2, 0) is 28.6 Å². The summed E-state index contributed by atoms with van der Waals surface area (Å²) in [4.78, 5) is 0. The number of benzene rings is 1. The van der Waals surface area contributed by atoms with Crippen molar-refractivity contribution >= 4 is 20.2 Å². The molecule has 1 aromatic carbocycles. The maximum atomic E-state index is 11.3. The predicted octanol–water partition coefficient (Wildman–Crippen LogP) is 0.404. The van der Waals surface area contributed by atoms with Crippen molar-refractivity contribution in [1.82, 2.24) is 0 Å². The highest BCUT2D eigenvalue weighted by Crippen LogP contribution is 2.36. The average Bonchev–Trinajstić information content (AvgIpc) is 2.47. The van der Waals surface area contributed by atoms with E-state index in [-0.39, 0.29) is 12.4 Å². The Kier molecular flexibility index (Phi) is 7.27. The van der Waals surface area contributed by atoms with E-state index in [0.29, 0.717) is 11.5 Å². The van der Waals surface area contributed by atoms with Crippen LogP contribution in [0.1, 0.15) is 0 Å². The minimum atomic E-state index is -3.84. The van der Waals surface area contributed by atoms with Gasteiger partial charge in [-0.1, -0.05) is 6.07 Å². The molecule has 1 atom stereocenters. The molecule has 0 saturated heterocycles. The lowest BCUT2D eigenvalue weighted by Gasteiger charge is -2.19. The lowest BCUT2D eigenvalue weighted by Crippen LogP contribution is -2.30. The summed E-state index contributed by atoms with van der Waals surface area (Å²) in [6.07, 6.45) is 0.503. The van der Waals surface area contributed by atoms with Crippen molar-refractivity contribution in [3.05, 3.63) is 18.2 Å². The van der Waals surface area contributed by atoms with Gasteiger partial charge in [0.2, 0.25) is 5.75 Å². The highest BCUT2D eigenvalue weighted by Gasteiger charge is 2.21. The molecular formula is C13H20O9S2. The second-order valence-electron chi connectivity index (χ2n) is 4.71. The van der Waals surface area contributed by atoms with Gasteiger partial charge in [0.05, 0.1) is 33.3 Å². The van der Waals surface area contributed by atoms with Crippen LogP contribution in [0.25, 0.3) is 0 Å². The van der Waals surface area contributed by atoms with E-state index < -0.39 is 32.9 Å². The third-order valence-electron chi connectivity index (χ3n) is 2.58. The molecule has 11 heteroatoms. The molecule has 1 aromatic rings. The molecule has 0 heterocycles. The van der Waals surface area contributed by atoms with Gasteiger partial charge in [-0.2, -0.15) is 16.8 Å². The zero-order valence-corrected chi connectivity index (χ0v) is 15.3. The number of rotatable bonds is 10. The predicted molar refractivity (Wildman–Crippen MR) is 85.6 cm³/mol. The Morgan fingerprint density at radius 1 is 0.917 bits per heavy atom. The zero-order chi connectivity index (χ0) is 18.4. The van der Waals surface area contributed by atoms with E-state index in [0.717, 1.165) is 12.5 Å². The standard InChI is InChI=1S/C13H20O9S2/c1-18-11-6-5-7-12(19-2)13(11)20-8-10(22-24(4,16)17)9-21-23(3,14)15/h5-7,10H,8-9H2,1-4H3/t10-/m0/s1. The molecule has 138 valence electrons. The Hall–Kier alpha value is -1.56. The molecule has 0 spiro atoms. The van der Waals surface area contributed by atoms with Crippen molar-refractivity contribution < 1.29 is 39.4 Å². The van der Waals surface area contributed by atoms with Gasteiger partial charge in [0.25, 0.3) is 20.2 Å². The highest BCUT2D eigenvalue weighted by molar-refractivity contribution is 7.86. The van der Waals surface area contributed by atoms with Crippen LogP contribution in [0.4, 0.5) is 0 Å². The van der Waals surface area contributed by atoms with Crippen LogP contribution in [0.5, 0.6) is 17.2 Å². The molecule has 0 N–H and O–H groups in total. The highest BCUT2D eigenvalue weighted by atomic mass is 32.2. The first-order valence-corrected chi connectivity index (χ1v) is 10.3. The van der Waals surface area contributed by atoms with Gasteiger partial charge in [0, 0.05) is 0 Å². The molecule has 0 radical (unpaired) electrons.